The Labute approximate surface area is 133 Å². The van der Waals surface area contributed by atoms with E-state index in [2.05, 4.69) is 26.2 Å². The van der Waals surface area contributed by atoms with E-state index in [0.717, 1.165) is 4.47 Å². The van der Waals surface area contributed by atoms with E-state index in [1.54, 1.807) is 42.6 Å². The summed E-state index contributed by atoms with van der Waals surface area (Å²) >= 11 is 3.36. The maximum atomic E-state index is 12.4. The Hall–Kier alpha value is -2.31. The summed E-state index contributed by atoms with van der Waals surface area (Å²) < 4.78 is 0.767. The van der Waals surface area contributed by atoms with Gasteiger partial charge in [0, 0.05) is 32.9 Å². The van der Waals surface area contributed by atoms with Crippen LogP contribution in [0.4, 0.5) is 5.69 Å². The third-order valence-corrected chi connectivity index (χ3v) is 4.52. The van der Waals surface area contributed by atoms with Crippen molar-refractivity contribution in [2.24, 2.45) is 0 Å². The van der Waals surface area contributed by atoms with Crippen LogP contribution in [0.5, 0.6) is 5.75 Å². The van der Waals surface area contributed by atoms with E-state index in [1.807, 2.05) is 0 Å². The maximum Gasteiger partial charge on any atom is 0.265 e. The smallest absolute Gasteiger partial charge is 0.265 e. The number of aliphatic hydroxyl groups is 1. The predicted molar refractivity (Wildman–Crippen MR) is 85.7 cm³/mol. The molecular weight excluding hydrogens is 348 g/mol. The first kappa shape index (κ1) is 13.4. The lowest BCUT2D eigenvalue weighted by Gasteiger charge is -2.20. The Balaban J connectivity index is 2.04. The number of carbonyl (C=O) groups is 1. The molecule has 5 nitrogen and oxygen atoms in total. The van der Waals surface area contributed by atoms with Crippen molar-refractivity contribution in [2.45, 2.75) is 5.60 Å². The van der Waals surface area contributed by atoms with Crippen molar-refractivity contribution >= 4 is 38.4 Å². The van der Waals surface area contributed by atoms with E-state index >= 15 is 0 Å². The number of aromatic nitrogens is 1. The molecule has 2 aromatic carbocycles. The number of fused-ring (bicyclic) bond motifs is 2. The Morgan fingerprint density at radius 3 is 2.77 bits per heavy atom. The number of nitrogens with one attached hydrogen (secondary N) is 2. The molecular formula is C16H11BrN2O3. The summed E-state index contributed by atoms with van der Waals surface area (Å²) in [5.74, 6) is -0.440. The van der Waals surface area contributed by atoms with E-state index in [4.69, 9.17) is 0 Å². The largest absolute Gasteiger partial charge is 0.506 e. The second-order valence-electron chi connectivity index (χ2n) is 5.26. The average Bonchev–Trinajstić information content (AvgIpc) is 3.03. The molecule has 0 saturated carbocycles. The van der Waals surface area contributed by atoms with Crippen LogP contribution in [0.3, 0.4) is 0 Å². The molecule has 22 heavy (non-hydrogen) atoms. The van der Waals surface area contributed by atoms with Gasteiger partial charge in [-0.1, -0.05) is 28.1 Å². The van der Waals surface area contributed by atoms with Crippen LogP contribution in [0.15, 0.2) is 47.1 Å². The van der Waals surface area contributed by atoms with Crippen LogP contribution >= 0.6 is 15.9 Å². The fourth-order valence-corrected chi connectivity index (χ4v) is 3.33. The third-order valence-electron chi connectivity index (χ3n) is 4.03. The SMILES string of the molecule is O=C1Nc2ccc(Br)cc2C1(O)c1c[nH]c2c(O)cccc12. The van der Waals surface area contributed by atoms with Gasteiger partial charge in [0.1, 0.15) is 5.75 Å². The van der Waals surface area contributed by atoms with Gasteiger partial charge in [-0.05, 0) is 24.3 Å². The molecule has 0 fully saturated rings. The Bertz CT molecular complexity index is 934. The molecule has 1 aromatic heterocycles. The number of hydrogen-bond acceptors (Lipinski definition) is 3. The first-order valence-electron chi connectivity index (χ1n) is 6.65. The summed E-state index contributed by atoms with van der Waals surface area (Å²) in [6, 6.07) is 10.2. The molecule has 0 spiro atoms. The highest BCUT2D eigenvalue weighted by Gasteiger charge is 2.48. The molecule has 0 bridgehead atoms. The quantitative estimate of drug-likeness (QED) is 0.539. The number of anilines is 1. The van der Waals surface area contributed by atoms with Gasteiger partial charge < -0.3 is 20.5 Å². The third kappa shape index (κ3) is 1.59. The number of phenolic OH excluding ortho intramolecular Hbond substituents is 1. The molecule has 0 saturated heterocycles. The van der Waals surface area contributed by atoms with Gasteiger partial charge in [-0.3, -0.25) is 4.79 Å². The van der Waals surface area contributed by atoms with E-state index in [0.29, 0.717) is 27.7 Å². The summed E-state index contributed by atoms with van der Waals surface area (Å²) in [5.41, 5.74) is 0.154. The number of phenols is 1. The molecule has 0 aliphatic carbocycles. The zero-order valence-corrected chi connectivity index (χ0v) is 12.8. The Morgan fingerprint density at radius 1 is 1.14 bits per heavy atom. The Kier molecular flexibility index (Phi) is 2.64. The normalized spacial score (nSPS) is 20.2. The maximum absolute atomic E-state index is 12.4. The van der Waals surface area contributed by atoms with Crippen molar-refractivity contribution < 1.29 is 15.0 Å². The van der Waals surface area contributed by atoms with Crippen molar-refractivity contribution in [3.63, 3.8) is 0 Å². The molecule has 3 aromatic rings. The lowest BCUT2D eigenvalue weighted by molar-refractivity contribution is -0.129. The van der Waals surface area contributed by atoms with Gasteiger partial charge in [0.05, 0.1) is 5.52 Å². The molecule has 1 atom stereocenters. The highest BCUT2D eigenvalue weighted by atomic mass is 79.9. The second-order valence-corrected chi connectivity index (χ2v) is 6.17. The molecule has 1 unspecified atom stereocenters. The molecule has 4 rings (SSSR count). The van der Waals surface area contributed by atoms with Crippen LogP contribution in [0, 0.1) is 0 Å². The number of amides is 1. The molecule has 4 N–H and O–H groups in total. The number of H-pyrrole nitrogens is 1. The number of aromatic amines is 1. The number of rotatable bonds is 1. The monoisotopic (exact) mass is 358 g/mol. The molecule has 1 aliphatic rings. The minimum absolute atomic E-state index is 0.0696. The van der Waals surface area contributed by atoms with Crippen molar-refractivity contribution in [2.75, 3.05) is 5.32 Å². The molecule has 110 valence electrons. The van der Waals surface area contributed by atoms with E-state index in [-0.39, 0.29) is 5.75 Å². The zero-order valence-electron chi connectivity index (χ0n) is 11.2. The van der Waals surface area contributed by atoms with Gasteiger partial charge >= 0.3 is 0 Å². The van der Waals surface area contributed by atoms with Crippen molar-refractivity contribution in [3.05, 3.63) is 58.2 Å². The number of aromatic hydroxyl groups is 1. The Morgan fingerprint density at radius 2 is 1.95 bits per heavy atom. The lowest BCUT2D eigenvalue weighted by atomic mass is 9.87. The highest BCUT2D eigenvalue weighted by molar-refractivity contribution is 9.10. The molecule has 2 heterocycles. The van der Waals surface area contributed by atoms with Gasteiger partial charge in [-0.2, -0.15) is 0 Å². The highest BCUT2D eigenvalue weighted by Crippen LogP contribution is 2.44. The average molecular weight is 359 g/mol. The summed E-state index contributed by atoms with van der Waals surface area (Å²) in [6.07, 6.45) is 1.56. The van der Waals surface area contributed by atoms with Gasteiger partial charge in [0.15, 0.2) is 5.60 Å². The zero-order chi connectivity index (χ0) is 15.5. The summed E-state index contributed by atoms with van der Waals surface area (Å²) in [7, 11) is 0. The summed E-state index contributed by atoms with van der Waals surface area (Å²) in [4.78, 5) is 15.4. The van der Waals surface area contributed by atoms with Gasteiger partial charge in [0.25, 0.3) is 5.91 Å². The van der Waals surface area contributed by atoms with Crippen LogP contribution in [0.2, 0.25) is 0 Å². The van der Waals surface area contributed by atoms with Crippen molar-refractivity contribution in [1.82, 2.24) is 4.98 Å². The van der Waals surface area contributed by atoms with E-state index in [1.165, 1.54) is 0 Å². The number of benzene rings is 2. The molecule has 0 radical (unpaired) electrons. The van der Waals surface area contributed by atoms with Crippen molar-refractivity contribution in [1.29, 1.82) is 0 Å². The van der Waals surface area contributed by atoms with Crippen LogP contribution < -0.4 is 5.32 Å². The van der Waals surface area contributed by atoms with E-state index in [9.17, 15) is 15.0 Å². The number of para-hydroxylation sites is 1. The minimum Gasteiger partial charge on any atom is -0.506 e. The van der Waals surface area contributed by atoms with Crippen LogP contribution in [-0.2, 0) is 10.4 Å². The molecule has 1 aliphatic heterocycles. The van der Waals surface area contributed by atoms with Crippen LogP contribution in [-0.4, -0.2) is 21.1 Å². The fourth-order valence-electron chi connectivity index (χ4n) is 2.96. The topological polar surface area (TPSA) is 85.4 Å². The number of carbonyl (C=O) groups excluding carboxylic acids is 1. The summed E-state index contributed by atoms with van der Waals surface area (Å²) in [5, 5.41) is 24.3. The lowest BCUT2D eigenvalue weighted by Crippen LogP contribution is -2.35. The first-order chi connectivity index (χ1) is 10.5. The van der Waals surface area contributed by atoms with Crippen LogP contribution in [0.1, 0.15) is 11.1 Å². The van der Waals surface area contributed by atoms with E-state index < -0.39 is 11.5 Å². The summed E-state index contributed by atoms with van der Waals surface area (Å²) in [6.45, 7) is 0. The van der Waals surface area contributed by atoms with Crippen LogP contribution in [0.25, 0.3) is 10.9 Å². The van der Waals surface area contributed by atoms with Gasteiger partial charge in [-0.25, -0.2) is 0 Å². The number of hydrogen-bond donors (Lipinski definition) is 4. The van der Waals surface area contributed by atoms with Gasteiger partial charge in [-0.15, -0.1) is 0 Å². The second kappa shape index (κ2) is 4.34. The standard InChI is InChI=1S/C16H11BrN2O3/c17-8-4-5-12-10(6-8)16(22,15(21)19-12)11-7-18-14-9(11)2-1-3-13(14)20/h1-7,18,20,22H,(H,19,21). The minimum atomic E-state index is -1.80. The molecule has 1 amide bonds. The van der Waals surface area contributed by atoms with Crippen molar-refractivity contribution in [3.8, 4) is 5.75 Å². The predicted octanol–water partition coefficient (Wildman–Crippen LogP) is 2.82. The first-order valence-corrected chi connectivity index (χ1v) is 7.44. The molecule has 6 heteroatoms. The fraction of sp³-hybridized carbons (Fsp3) is 0.0625. The van der Waals surface area contributed by atoms with Gasteiger partial charge in [0.2, 0.25) is 0 Å². The number of halogens is 1.